The number of aryl methyl sites for hydroxylation is 1. The Balaban J connectivity index is 1.71. The van der Waals surface area contributed by atoms with E-state index in [4.69, 9.17) is 4.52 Å². The van der Waals surface area contributed by atoms with Crippen LogP contribution in [0.4, 0.5) is 4.79 Å². The fourth-order valence-electron chi connectivity index (χ4n) is 2.57. The molecule has 1 heterocycles. The minimum absolute atomic E-state index is 0.113. The zero-order chi connectivity index (χ0) is 14.4. The Kier molecular flexibility index (Phi) is 5.76. The SMILES string of the molecule is CCS[C@H]1CCC[C@@H](NC(=O)NCc2cc(C)on2)C1. The van der Waals surface area contributed by atoms with Crippen molar-refractivity contribution in [2.75, 3.05) is 5.75 Å². The standard InChI is InChI=1S/C14H23N3O2S/c1-3-20-13-6-4-5-11(8-13)16-14(18)15-9-12-7-10(2)19-17-12/h7,11,13H,3-6,8-9H2,1-2H3,(H2,15,16,18)/t11-,13+/m1/s1. The molecule has 0 spiro atoms. The highest BCUT2D eigenvalue weighted by Crippen LogP contribution is 2.28. The number of nitrogens with one attached hydrogen (secondary N) is 2. The fraction of sp³-hybridized carbons (Fsp3) is 0.714. The number of hydrogen-bond donors (Lipinski definition) is 2. The minimum atomic E-state index is -0.113. The van der Waals surface area contributed by atoms with Crippen LogP contribution < -0.4 is 10.6 Å². The molecule has 112 valence electrons. The molecule has 2 rings (SSSR count). The van der Waals surface area contributed by atoms with Crippen LogP contribution in [-0.2, 0) is 6.54 Å². The number of thioether (sulfide) groups is 1. The van der Waals surface area contributed by atoms with Gasteiger partial charge in [-0.3, -0.25) is 0 Å². The Hall–Kier alpha value is -1.17. The number of carbonyl (C=O) groups excluding carboxylic acids is 1. The lowest BCUT2D eigenvalue weighted by molar-refractivity contribution is 0.232. The van der Waals surface area contributed by atoms with E-state index < -0.39 is 0 Å². The van der Waals surface area contributed by atoms with Gasteiger partial charge in [0.2, 0.25) is 0 Å². The van der Waals surface area contributed by atoms with E-state index in [0.29, 0.717) is 17.8 Å². The van der Waals surface area contributed by atoms with E-state index in [1.807, 2.05) is 24.8 Å². The van der Waals surface area contributed by atoms with Crippen LogP contribution in [0.5, 0.6) is 0 Å². The smallest absolute Gasteiger partial charge is 0.315 e. The normalized spacial score (nSPS) is 22.5. The first-order chi connectivity index (χ1) is 9.67. The highest BCUT2D eigenvalue weighted by Gasteiger charge is 2.23. The first kappa shape index (κ1) is 15.2. The van der Waals surface area contributed by atoms with Gasteiger partial charge in [-0.05, 0) is 31.9 Å². The lowest BCUT2D eigenvalue weighted by Crippen LogP contribution is -2.44. The summed E-state index contributed by atoms with van der Waals surface area (Å²) < 4.78 is 4.96. The Labute approximate surface area is 124 Å². The van der Waals surface area contributed by atoms with Crippen molar-refractivity contribution in [1.29, 1.82) is 0 Å². The quantitative estimate of drug-likeness (QED) is 0.877. The molecule has 2 N–H and O–H groups in total. The second-order valence-corrected chi connectivity index (χ2v) is 6.77. The topological polar surface area (TPSA) is 67.2 Å². The summed E-state index contributed by atoms with van der Waals surface area (Å²) in [4.78, 5) is 11.9. The highest BCUT2D eigenvalue weighted by atomic mass is 32.2. The van der Waals surface area contributed by atoms with Gasteiger partial charge in [0, 0.05) is 17.4 Å². The predicted octanol–water partition coefficient (Wildman–Crippen LogP) is 2.85. The molecular weight excluding hydrogens is 274 g/mol. The third kappa shape index (κ3) is 4.74. The molecule has 1 fully saturated rings. The minimum Gasteiger partial charge on any atom is -0.361 e. The summed E-state index contributed by atoms with van der Waals surface area (Å²) in [5.74, 6) is 1.91. The van der Waals surface area contributed by atoms with E-state index in [0.717, 1.165) is 30.0 Å². The van der Waals surface area contributed by atoms with Gasteiger partial charge >= 0.3 is 6.03 Å². The van der Waals surface area contributed by atoms with Gasteiger partial charge < -0.3 is 15.2 Å². The molecule has 20 heavy (non-hydrogen) atoms. The molecule has 0 bridgehead atoms. The van der Waals surface area contributed by atoms with Crippen LogP contribution in [0.1, 0.15) is 44.1 Å². The second-order valence-electron chi connectivity index (χ2n) is 5.20. The summed E-state index contributed by atoms with van der Waals surface area (Å²) in [7, 11) is 0. The Morgan fingerprint density at radius 2 is 2.40 bits per heavy atom. The van der Waals surface area contributed by atoms with Crippen molar-refractivity contribution in [3.05, 3.63) is 17.5 Å². The number of urea groups is 1. The third-order valence-electron chi connectivity index (χ3n) is 3.47. The van der Waals surface area contributed by atoms with Crippen LogP contribution in [0, 0.1) is 6.92 Å². The van der Waals surface area contributed by atoms with Gasteiger partial charge in [-0.2, -0.15) is 11.8 Å². The molecule has 1 saturated carbocycles. The van der Waals surface area contributed by atoms with E-state index in [1.165, 1.54) is 12.8 Å². The molecule has 2 amide bonds. The second kappa shape index (κ2) is 7.57. The van der Waals surface area contributed by atoms with Gasteiger partial charge in [-0.25, -0.2) is 4.79 Å². The molecule has 1 aromatic heterocycles. The average molecular weight is 297 g/mol. The number of aromatic nitrogens is 1. The van der Waals surface area contributed by atoms with Gasteiger partial charge in [0.1, 0.15) is 11.5 Å². The molecule has 2 atom stereocenters. The van der Waals surface area contributed by atoms with E-state index in [-0.39, 0.29) is 6.03 Å². The lowest BCUT2D eigenvalue weighted by atomic mass is 9.95. The van der Waals surface area contributed by atoms with Crippen molar-refractivity contribution in [3.63, 3.8) is 0 Å². The summed E-state index contributed by atoms with van der Waals surface area (Å²) in [6, 6.07) is 2.01. The summed E-state index contributed by atoms with van der Waals surface area (Å²) in [6.45, 7) is 4.43. The first-order valence-corrected chi connectivity index (χ1v) is 8.30. The maximum atomic E-state index is 11.9. The highest BCUT2D eigenvalue weighted by molar-refractivity contribution is 7.99. The Morgan fingerprint density at radius 3 is 3.10 bits per heavy atom. The Morgan fingerprint density at radius 1 is 1.55 bits per heavy atom. The number of nitrogens with zero attached hydrogens (tertiary/aromatic N) is 1. The number of rotatable bonds is 5. The monoisotopic (exact) mass is 297 g/mol. The van der Waals surface area contributed by atoms with E-state index >= 15 is 0 Å². The van der Waals surface area contributed by atoms with Gasteiger partial charge in [0.15, 0.2) is 0 Å². The molecule has 0 radical (unpaired) electrons. The Bertz CT molecular complexity index is 434. The van der Waals surface area contributed by atoms with Crippen molar-refractivity contribution in [2.24, 2.45) is 0 Å². The lowest BCUT2D eigenvalue weighted by Gasteiger charge is -2.29. The zero-order valence-electron chi connectivity index (χ0n) is 12.1. The molecule has 0 aliphatic heterocycles. The van der Waals surface area contributed by atoms with Crippen molar-refractivity contribution in [2.45, 2.75) is 57.4 Å². The molecule has 1 aliphatic carbocycles. The molecular formula is C14H23N3O2S. The summed E-state index contributed by atoms with van der Waals surface area (Å²) in [6.07, 6.45) is 4.63. The molecule has 6 heteroatoms. The predicted molar refractivity (Wildman–Crippen MR) is 80.8 cm³/mol. The fourth-order valence-corrected chi connectivity index (χ4v) is 3.74. The molecule has 0 aromatic carbocycles. The van der Waals surface area contributed by atoms with E-state index in [9.17, 15) is 4.79 Å². The van der Waals surface area contributed by atoms with Crippen LogP contribution in [0.15, 0.2) is 10.6 Å². The van der Waals surface area contributed by atoms with Crippen LogP contribution in [0.3, 0.4) is 0 Å². The van der Waals surface area contributed by atoms with Gasteiger partial charge in [-0.15, -0.1) is 0 Å². The van der Waals surface area contributed by atoms with E-state index in [2.05, 4.69) is 22.7 Å². The van der Waals surface area contributed by atoms with Gasteiger partial charge in [-0.1, -0.05) is 18.5 Å². The molecule has 1 aromatic rings. The largest absolute Gasteiger partial charge is 0.361 e. The maximum Gasteiger partial charge on any atom is 0.315 e. The number of amides is 2. The number of hydrogen-bond acceptors (Lipinski definition) is 4. The van der Waals surface area contributed by atoms with Gasteiger partial charge in [0.05, 0.1) is 6.54 Å². The van der Waals surface area contributed by atoms with Crippen LogP contribution in [0.25, 0.3) is 0 Å². The van der Waals surface area contributed by atoms with Crippen LogP contribution in [0.2, 0.25) is 0 Å². The summed E-state index contributed by atoms with van der Waals surface area (Å²) in [5, 5.41) is 10.4. The average Bonchev–Trinajstić information content (AvgIpc) is 2.83. The maximum absolute atomic E-state index is 11.9. The van der Waals surface area contributed by atoms with Crippen LogP contribution in [-0.4, -0.2) is 28.2 Å². The van der Waals surface area contributed by atoms with Crippen molar-refractivity contribution in [1.82, 2.24) is 15.8 Å². The third-order valence-corrected chi connectivity index (χ3v) is 4.70. The molecule has 1 aliphatic rings. The summed E-state index contributed by atoms with van der Waals surface area (Å²) >= 11 is 2.00. The first-order valence-electron chi connectivity index (χ1n) is 7.25. The molecule has 0 saturated heterocycles. The van der Waals surface area contributed by atoms with Crippen molar-refractivity contribution >= 4 is 17.8 Å². The van der Waals surface area contributed by atoms with Crippen molar-refractivity contribution < 1.29 is 9.32 Å². The summed E-state index contributed by atoms with van der Waals surface area (Å²) in [5.41, 5.74) is 0.751. The van der Waals surface area contributed by atoms with Crippen LogP contribution >= 0.6 is 11.8 Å². The van der Waals surface area contributed by atoms with E-state index in [1.54, 1.807) is 0 Å². The van der Waals surface area contributed by atoms with Crippen molar-refractivity contribution in [3.8, 4) is 0 Å². The molecule has 0 unspecified atom stereocenters. The molecule has 5 nitrogen and oxygen atoms in total. The van der Waals surface area contributed by atoms with Gasteiger partial charge in [0.25, 0.3) is 0 Å². The zero-order valence-corrected chi connectivity index (χ0v) is 13.0. The number of carbonyl (C=O) groups is 1.